The van der Waals surface area contributed by atoms with Crippen molar-refractivity contribution in [3.8, 4) is 0 Å². The zero-order valence-corrected chi connectivity index (χ0v) is 13.9. The summed E-state index contributed by atoms with van der Waals surface area (Å²) < 4.78 is 7.46. The zero-order chi connectivity index (χ0) is 17.1. The van der Waals surface area contributed by atoms with Crippen LogP contribution in [0.1, 0.15) is 12.1 Å². The molecule has 2 aliphatic rings. The van der Waals surface area contributed by atoms with E-state index in [-0.39, 0.29) is 24.4 Å². The van der Waals surface area contributed by atoms with Crippen molar-refractivity contribution < 1.29 is 19.4 Å². The van der Waals surface area contributed by atoms with Gasteiger partial charge in [0.25, 0.3) is 0 Å². The molecule has 3 rings (SSSR count). The minimum atomic E-state index is -0.831. The van der Waals surface area contributed by atoms with Gasteiger partial charge in [-0.15, -0.1) is 0 Å². The number of aryl methyl sites for hydroxylation is 2. The lowest BCUT2D eigenvalue weighted by Gasteiger charge is -2.30. The number of carbonyl (C=O) groups excluding carboxylic acids is 1. The molecule has 0 radical (unpaired) electrons. The summed E-state index contributed by atoms with van der Waals surface area (Å²) in [5, 5.41) is 13.4. The molecule has 2 aliphatic heterocycles. The summed E-state index contributed by atoms with van der Waals surface area (Å²) in [5.74, 6) is -0.587. The van der Waals surface area contributed by atoms with Crippen molar-refractivity contribution in [2.24, 2.45) is 5.92 Å². The summed E-state index contributed by atoms with van der Waals surface area (Å²) in [7, 11) is 0. The topological polar surface area (TPSA) is 87.9 Å². The number of fused-ring (bicyclic) bond motifs is 3. The van der Waals surface area contributed by atoms with Gasteiger partial charge in [0.2, 0.25) is 5.91 Å². The molecule has 8 nitrogen and oxygen atoms in total. The first-order chi connectivity index (χ1) is 11.5. The number of carboxylic acid groups (broad SMARTS) is 1. The molecule has 1 N–H and O–H groups in total. The molecular formula is C16H24N4O4. The van der Waals surface area contributed by atoms with E-state index < -0.39 is 5.97 Å². The Morgan fingerprint density at radius 2 is 2.17 bits per heavy atom. The van der Waals surface area contributed by atoms with Gasteiger partial charge in [0.1, 0.15) is 0 Å². The second-order valence-electron chi connectivity index (χ2n) is 6.66. The predicted octanol–water partition coefficient (Wildman–Crippen LogP) is -0.175. The normalized spacial score (nSPS) is 24.6. The van der Waals surface area contributed by atoms with E-state index in [2.05, 4.69) is 5.10 Å². The molecule has 0 aliphatic carbocycles. The monoisotopic (exact) mass is 336 g/mol. The van der Waals surface area contributed by atoms with Gasteiger partial charge in [0.05, 0.1) is 31.5 Å². The highest BCUT2D eigenvalue weighted by Gasteiger charge is 2.35. The Hall–Kier alpha value is -1.93. The van der Waals surface area contributed by atoms with Gasteiger partial charge >= 0.3 is 5.97 Å². The number of rotatable bonds is 5. The molecule has 8 heteroatoms. The highest BCUT2D eigenvalue weighted by atomic mass is 16.5. The summed E-state index contributed by atoms with van der Waals surface area (Å²) in [6.07, 6.45) is 2.27. The third kappa shape index (κ3) is 4.12. The molecule has 2 fully saturated rings. The van der Waals surface area contributed by atoms with Crippen LogP contribution in [0.5, 0.6) is 0 Å². The smallest absolute Gasteiger partial charge is 0.317 e. The molecular weight excluding hydrogens is 312 g/mol. The van der Waals surface area contributed by atoms with Crippen molar-refractivity contribution in [1.82, 2.24) is 19.6 Å². The molecule has 2 bridgehead atoms. The lowest BCUT2D eigenvalue weighted by molar-refractivity contribution is -0.138. The molecule has 2 saturated heterocycles. The molecule has 0 spiro atoms. The minimum Gasteiger partial charge on any atom is -0.480 e. The number of hydrogen-bond acceptors (Lipinski definition) is 5. The lowest BCUT2D eigenvalue weighted by atomic mass is 10.1. The molecule has 24 heavy (non-hydrogen) atoms. The highest BCUT2D eigenvalue weighted by Crippen LogP contribution is 2.20. The molecule has 2 atom stereocenters. The number of hydrogen-bond donors (Lipinski definition) is 1. The first-order valence-electron chi connectivity index (χ1n) is 8.32. The van der Waals surface area contributed by atoms with Crippen LogP contribution in [-0.4, -0.2) is 82.0 Å². The molecule has 3 heterocycles. The fourth-order valence-electron chi connectivity index (χ4n) is 3.51. The molecule has 0 aromatic carbocycles. The Labute approximate surface area is 141 Å². The van der Waals surface area contributed by atoms with Crippen molar-refractivity contribution in [2.45, 2.75) is 25.9 Å². The van der Waals surface area contributed by atoms with Gasteiger partial charge in [0, 0.05) is 44.7 Å². The largest absolute Gasteiger partial charge is 0.480 e. The van der Waals surface area contributed by atoms with E-state index in [9.17, 15) is 9.59 Å². The van der Waals surface area contributed by atoms with Gasteiger partial charge in [-0.25, -0.2) is 0 Å². The Balaban J connectivity index is 1.63. The van der Waals surface area contributed by atoms with Crippen LogP contribution in [0, 0.1) is 12.8 Å². The number of amides is 1. The number of ether oxygens (including phenoxy) is 1. The van der Waals surface area contributed by atoms with Crippen LogP contribution >= 0.6 is 0 Å². The summed E-state index contributed by atoms with van der Waals surface area (Å²) in [4.78, 5) is 27.5. The van der Waals surface area contributed by atoms with E-state index in [1.807, 2.05) is 29.0 Å². The first kappa shape index (κ1) is 16.9. The predicted molar refractivity (Wildman–Crippen MR) is 85.5 cm³/mol. The Morgan fingerprint density at radius 3 is 2.88 bits per heavy atom. The average molecular weight is 336 g/mol. The molecule has 132 valence electrons. The van der Waals surface area contributed by atoms with E-state index in [4.69, 9.17) is 9.84 Å². The fourth-order valence-corrected chi connectivity index (χ4v) is 3.51. The molecule has 1 aromatic rings. The molecule has 1 amide bonds. The van der Waals surface area contributed by atoms with E-state index in [0.29, 0.717) is 45.8 Å². The van der Waals surface area contributed by atoms with Crippen LogP contribution in [0.15, 0.2) is 12.3 Å². The lowest BCUT2D eigenvalue weighted by Crippen LogP contribution is -2.47. The van der Waals surface area contributed by atoms with Crippen molar-refractivity contribution >= 4 is 11.9 Å². The molecule has 1 aromatic heterocycles. The van der Waals surface area contributed by atoms with Crippen LogP contribution in [-0.2, 0) is 20.9 Å². The number of nitrogens with zero attached hydrogens (tertiary/aromatic N) is 4. The van der Waals surface area contributed by atoms with Crippen LogP contribution in [0.25, 0.3) is 0 Å². The van der Waals surface area contributed by atoms with E-state index in [0.717, 1.165) is 5.69 Å². The van der Waals surface area contributed by atoms with E-state index in [1.54, 1.807) is 4.68 Å². The van der Waals surface area contributed by atoms with Crippen LogP contribution in [0.2, 0.25) is 0 Å². The van der Waals surface area contributed by atoms with Gasteiger partial charge < -0.3 is 14.7 Å². The van der Waals surface area contributed by atoms with Gasteiger partial charge in [-0.05, 0) is 13.0 Å². The SMILES string of the molecule is Cc1ccn(CCC(=O)N2C[C@H]3COC[C@@H]2CN(CC(=O)O)C3)n1. The Bertz CT molecular complexity index is 603. The average Bonchev–Trinajstić information content (AvgIpc) is 2.71. The first-order valence-corrected chi connectivity index (χ1v) is 8.32. The molecule has 0 unspecified atom stereocenters. The van der Waals surface area contributed by atoms with E-state index >= 15 is 0 Å². The van der Waals surface area contributed by atoms with Gasteiger partial charge in [-0.2, -0.15) is 5.10 Å². The molecule has 0 saturated carbocycles. The van der Waals surface area contributed by atoms with E-state index in [1.165, 1.54) is 0 Å². The highest BCUT2D eigenvalue weighted by molar-refractivity contribution is 5.76. The number of aromatic nitrogens is 2. The van der Waals surface area contributed by atoms with Crippen molar-refractivity contribution in [3.05, 3.63) is 18.0 Å². The van der Waals surface area contributed by atoms with Crippen molar-refractivity contribution in [2.75, 3.05) is 39.4 Å². The Kier molecular flexibility index (Phi) is 5.15. The second-order valence-corrected chi connectivity index (χ2v) is 6.66. The Morgan fingerprint density at radius 1 is 1.33 bits per heavy atom. The zero-order valence-electron chi connectivity index (χ0n) is 13.9. The second kappa shape index (κ2) is 7.31. The number of carboxylic acids is 1. The van der Waals surface area contributed by atoms with Gasteiger partial charge in [0.15, 0.2) is 0 Å². The minimum absolute atomic E-state index is 0.0155. The summed E-state index contributed by atoms with van der Waals surface area (Å²) >= 11 is 0. The third-order valence-corrected chi connectivity index (χ3v) is 4.55. The van der Waals surface area contributed by atoms with Crippen molar-refractivity contribution in [3.63, 3.8) is 0 Å². The van der Waals surface area contributed by atoms with Crippen LogP contribution < -0.4 is 0 Å². The summed E-state index contributed by atoms with van der Waals surface area (Å²) in [5.41, 5.74) is 0.936. The standard InChI is InChI=1S/C16H24N4O4/c1-12-2-4-19(17-12)5-3-15(21)20-7-13-6-18(9-16(22)23)8-14(20)11-24-10-13/h2,4,13-14H,3,5-11H2,1H3,(H,22,23)/t13-,14-/m0/s1. The third-order valence-electron chi connectivity index (χ3n) is 4.55. The van der Waals surface area contributed by atoms with Crippen molar-refractivity contribution in [1.29, 1.82) is 0 Å². The van der Waals surface area contributed by atoms with Crippen LogP contribution in [0.4, 0.5) is 0 Å². The quantitative estimate of drug-likeness (QED) is 0.803. The van der Waals surface area contributed by atoms with Crippen LogP contribution in [0.3, 0.4) is 0 Å². The maximum atomic E-state index is 12.7. The number of carbonyl (C=O) groups is 2. The fraction of sp³-hybridized carbons (Fsp3) is 0.688. The van der Waals surface area contributed by atoms with Gasteiger partial charge in [-0.3, -0.25) is 19.2 Å². The maximum absolute atomic E-state index is 12.7. The summed E-state index contributed by atoms with van der Waals surface area (Å²) in [6.45, 7) is 5.39. The maximum Gasteiger partial charge on any atom is 0.317 e. The van der Waals surface area contributed by atoms with Gasteiger partial charge in [-0.1, -0.05) is 0 Å². The summed E-state index contributed by atoms with van der Waals surface area (Å²) in [6, 6.07) is 1.84. The number of aliphatic carboxylic acids is 1.